The Morgan fingerprint density at radius 1 is 0.765 bits per heavy atom. The second-order valence-corrected chi connectivity index (χ2v) is 5.41. The zero-order valence-electron chi connectivity index (χ0n) is 9.05. The number of rotatable bonds is 3. The first-order valence-electron chi connectivity index (χ1n) is 5.10. The van der Waals surface area contributed by atoms with Crippen LogP contribution in [0.1, 0.15) is 11.1 Å². The number of thiol groups is 2. The summed E-state index contributed by atoms with van der Waals surface area (Å²) in [5.41, 5.74) is 2.20. The minimum atomic E-state index is -0.539. The van der Waals surface area contributed by atoms with Gasteiger partial charge in [0.2, 0.25) is 0 Å². The molecule has 0 radical (unpaired) electrons. The third kappa shape index (κ3) is 4.04. The van der Waals surface area contributed by atoms with Crippen LogP contribution in [0.2, 0.25) is 0 Å². The number of hydrogen-bond donors (Lipinski definition) is 2. The van der Waals surface area contributed by atoms with E-state index in [0.717, 1.165) is 11.1 Å². The summed E-state index contributed by atoms with van der Waals surface area (Å²) in [6, 6.07) is 20.1. The molecule has 0 amide bonds. The van der Waals surface area contributed by atoms with Crippen LogP contribution in [0, 0.1) is 6.42 Å². The van der Waals surface area contributed by atoms with Crippen molar-refractivity contribution in [1.29, 1.82) is 0 Å². The molecule has 17 heavy (non-hydrogen) atoms. The van der Waals surface area contributed by atoms with E-state index in [-0.39, 0.29) is 17.1 Å². The van der Waals surface area contributed by atoms with E-state index in [4.69, 9.17) is 0 Å². The molecule has 0 bridgehead atoms. The standard InChI is InChI=1S/C14H13S2.Cu/c15-14(16,13-9-5-2-6-10-13)11-12-7-3-1-4-8-12;/h1-11,15-16H;/q-1;+1. The van der Waals surface area contributed by atoms with E-state index in [2.05, 4.69) is 25.3 Å². The van der Waals surface area contributed by atoms with Gasteiger partial charge in [-0.05, 0) is 5.56 Å². The van der Waals surface area contributed by atoms with E-state index in [0.29, 0.717) is 0 Å². The fraction of sp³-hybridized carbons (Fsp3) is 0.0714. The first-order valence-corrected chi connectivity index (χ1v) is 5.99. The predicted octanol–water partition coefficient (Wildman–Crippen LogP) is 3.95. The maximum absolute atomic E-state index is 4.60. The van der Waals surface area contributed by atoms with Gasteiger partial charge in [-0.2, -0.15) is 49.4 Å². The SMILES string of the molecule is SC(S)([CH-]c1ccccc1)c1ccccc1.[Cu+]. The molecule has 0 fully saturated rings. The Balaban J connectivity index is 0.00000144. The second kappa shape index (κ2) is 6.46. The van der Waals surface area contributed by atoms with Gasteiger partial charge in [-0.25, -0.2) is 0 Å². The van der Waals surface area contributed by atoms with Gasteiger partial charge in [0.15, 0.2) is 0 Å². The van der Waals surface area contributed by atoms with Crippen LogP contribution in [0.4, 0.5) is 0 Å². The molecule has 0 saturated heterocycles. The van der Waals surface area contributed by atoms with E-state index < -0.39 is 4.08 Å². The summed E-state index contributed by atoms with van der Waals surface area (Å²) in [5.74, 6) is 0. The molecule has 0 aliphatic heterocycles. The van der Waals surface area contributed by atoms with Crippen molar-refractivity contribution in [1.82, 2.24) is 0 Å². The number of benzene rings is 2. The molecule has 0 nitrogen and oxygen atoms in total. The molecule has 0 aliphatic rings. The molecule has 0 atom stereocenters. The van der Waals surface area contributed by atoms with Crippen molar-refractivity contribution in [3.05, 3.63) is 78.2 Å². The summed E-state index contributed by atoms with van der Waals surface area (Å²) in [7, 11) is 0. The maximum Gasteiger partial charge on any atom is 1.00 e. The van der Waals surface area contributed by atoms with Crippen LogP contribution >= 0.6 is 25.3 Å². The van der Waals surface area contributed by atoms with Crippen LogP contribution in [-0.4, -0.2) is 0 Å². The Morgan fingerprint density at radius 3 is 1.76 bits per heavy atom. The molecule has 0 saturated carbocycles. The summed E-state index contributed by atoms with van der Waals surface area (Å²) in [5, 5.41) is 0. The van der Waals surface area contributed by atoms with Gasteiger partial charge in [0.1, 0.15) is 0 Å². The van der Waals surface area contributed by atoms with E-state index in [1.165, 1.54) is 0 Å². The average Bonchev–Trinajstić information content (AvgIpc) is 2.31. The first kappa shape index (κ1) is 14.6. The molecule has 0 aliphatic carbocycles. The summed E-state index contributed by atoms with van der Waals surface area (Å²) in [4.78, 5) is 0. The number of hydrogen-bond acceptors (Lipinski definition) is 2. The monoisotopic (exact) mass is 308 g/mol. The molecular formula is C14H13CuS2. The Bertz CT molecular complexity index is 440. The zero-order chi connectivity index (χ0) is 11.4. The van der Waals surface area contributed by atoms with Crippen molar-refractivity contribution in [2.75, 3.05) is 0 Å². The summed E-state index contributed by atoms with van der Waals surface area (Å²) in [6.07, 6.45) is 2.04. The van der Waals surface area contributed by atoms with Crippen LogP contribution in [0.25, 0.3) is 0 Å². The minimum Gasteiger partial charge on any atom is -0.190 e. The van der Waals surface area contributed by atoms with Crippen LogP contribution in [0.5, 0.6) is 0 Å². The van der Waals surface area contributed by atoms with Crippen LogP contribution in [0.3, 0.4) is 0 Å². The molecule has 92 valence electrons. The van der Waals surface area contributed by atoms with Gasteiger partial charge in [0, 0.05) is 0 Å². The van der Waals surface area contributed by atoms with Gasteiger partial charge in [0.25, 0.3) is 0 Å². The van der Waals surface area contributed by atoms with Crippen molar-refractivity contribution in [3.8, 4) is 0 Å². The quantitative estimate of drug-likeness (QED) is 0.365. The predicted molar refractivity (Wildman–Crippen MR) is 75.9 cm³/mol. The van der Waals surface area contributed by atoms with Gasteiger partial charge in [0.05, 0.1) is 4.08 Å². The van der Waals surface area contributed by atoms with Gasteiger partial charge in [-0.1, -0.05) is 36.4 Å². The van der Waals surface area contributed by atoms with Crippen molar-refractivity contribution in [3.63, 3.8) is 0 Å². The Kier molecular flexibility index (Phi) is 5.54. The van der Waals surface area contributed by atoms with Crippen molar-refractivity contribution in [2.45, 2.75) is 4.08 Å². The maximum atomic E-state index is 4.60. The molecule has 2 aromatic carbocycles. The van der Waals surface area contributed by atoms with Gasteiger partial charge >= 0.3 is 17.1 Å². The van der Waals surface area contributed by atoms with E-state index in [9.17, 15) is 0 Å². The van der Waals surface area contributed by atoms with Gasteiger partial charge < -0.3 is 0 Å². The Morgan fingerprint density at radius 2 is 1.24 bits per heavy atom. The normalized spacial score (nSPS) is 10.5. The van der Waals surface area contributed by atoms with Crippen LogP contribution in [-0.2, 0) is 21.1 Å². The van der Waals surface area contributed by atoms with Crippen molar-refractivity contribution in [2.24, 2.45) is 0 Å². The van der Waals surface area contributed by atoms with E-state index in [1.807, 2.05) is 67.1 Å². The summed E-state index contributed by atoms with van der Waals surface area (Å²) in [6.45, 7) is 0. The topological polar surface area (TPSA) is 0 Å². The third-order valence-electron chi connectivity index (χ3n) is 2.37. The van der Waals surface area contributed by atoms with Gasteiger partial charge in [-0.15, -0.1) is 12.1 Å². The summed E-state index contributed by atoms with van der Waals surface area (Å²) >= 11 is 9.19. The molecule has 0 N–H and O–H groups in total. The average molecular weight is 309 g/mol. The molecule has 2 rings (SSSR count). The largest absolute Gasteiger partial charge is 1.00 e. The van der Waals surface area contributed by atoms with Gasteiger partial charge in [-0.3, -0.25) is 0 Å². The Hall–Kier alpha value is -0.471. The Labute approximate surface area is 124 Å². The smallest absolute Gasteiger partial charge is 0.190 e. The third-order valence-corrected chi connectivity index (χ3v) is 3.14. The van der Waals surface area contributed by atoms with Crippen molar-refractivity contribution < 1.29 is 17.1 Å². The van der Waals surface area contributed by atoms with E-state index in [1.54, 1.807) is 0 Å². The molecule has 0 spiro atoms. The molecule has 0 aromatic heterocycles. The fourth-order valence-corrected chi connectivity index (χ4v) is 2.14. The molecular weight excluding hydrogens is 296 g/mol. The molecule has 0 heterocycles. The molecule has 2 aromatic rings. The zero-order valence-corrected chi connectivity index (χ0v) is 11.8. The van der Waals surface area contributed by atoms with Crippen LogP contribution in [0.15, 0.2) is 60.7 Å². The minimum absolute atomic E-state index is 0. The van der Waals surface area contributed by atoms with Crippen molar-refractivity contribution >= 4 is 25.3 Å². The second-order valence-electron chi connectivity index (χ2n) is 3.65. The fourth-order valence-electron chi connectivity index (χ4n) is 1.55. The summed E-state index contributed by atoms with van der Waals surface area (Å²) < 4.78 is -0.539. The van der Waals surface area contributed by atoms with E-state index >= 15 is 0 Å². The molecule has 3 heteroatoms. The van der Waals surface area contributed by atoms with Crippen LogP contribution < -0.4 is 0 Å². The molecule has 0 unspecified atom stereocenters. The first-order chi connectivity index (χ1) is 7.68.